The van der Waals surface area contributed by atoms with Crippen LogP contribution >= 0.6 is 0 Å². The van der Waals surface area contributed by atoms with Gasteiger partial charge in [-0.3, -0.25) is 4.79 Å². The highest BCUT2D eigenvalue weighted by Crippen LogP contribution is 1.89. The van der Waals surface area contributed by atoms with Crippen LogP contribution in [0.25, 0.3) is 0 Å². The molecule has 0 aliphatic heterocycles. The van der Waals surface area contributed by atoms with Crippen LogP contribution in [0.4, 0.5) is 0 Å². The van der Waals surface area contributed by atoms with Crippen molar-refractivity contribution in [3.05, 3.63) is 41.2 Å². The Morgan fingerprint density at radius 1 is 1.70 bits per heavy atom. The van der Waals surface area contributed by atoms with E-state index in [0.29, 0.717) is 12.1 Å². The predicted molar refractivity (Wildman–Crippen MR) is 39.8 cm³/mol. The van der Waals surface area contributed by atoms with E-state index in [4.69, 9.17) is 6.92 Å². The van der Waals surface area contributed by atoms with Gasteiger partial charge < -0.3 is 4.57 Å². The van der Waals surface area contributed by atoms with E-state index in [2.05, 4.69) is 0 Å². The lowest BCUT2D eigenvalue weighted by molar-refractivity contribution is 0.726. The fourth-order valence-electron chi connectivity index (χ4n) is 0.784. The molecule has 0 saturated carbocycles. The Hall–Kier alpha value is -1.05. The van der Waals surface area contributed by atoms with Crippen molar-refractivity contribution in [2.75, 3.05) is 0 Å². The molecule has 1 aromatic rings. The summed E-state index contributed by atoms with van der Waals surface area (Å²) in [6.45, 7) is 7.98. The molecule has 0 unspecified atom stereocenters. The summed E-state index contributed by atoms with van der Waals surface area (Å²) in [7, 11) is 0. The van der Waals surface area contributed by atoms with Gasteiger partial charge in [-0.05, 0) is 25.5 Å². The van der Waals surface area contributed by atoms with Crippen molar-refractivity contribution in [3.63, 3.8) is 0 Å². The third kappa shape index (κ3) is 1.26. The SMILES string of the molecule is [CH]c1ccn(CC)c(=O)c1. The van der Waals surface area contributed by atoms with Crippen molar-refractivity contribution in [1.29, 1.82) is 0 Å². The first kappa shape index (κ1) is 7.06. The summed E-state index contributed by atoms with van der Waals surface area (Å²) in [6.07, 6.45) is 1.69. The zero-order valence-corrected chi connectivity index (χ0v) is 5.87. The van der Waals surface area contributed by atoms with Gasteiger partial charge >= 0.3 is 0 Å². The highest BCUT2D eigenvalue weighted by atomic mass is 16.1. The third-order valence-corrected chi connectivity index (χ3v) is 1.36. The molecule has 52 valence electrons. The smallest absolute Gasteiger partial charge is 0.250 e. The second kappa shape index (κ2) is 2.69. The van der Waals surface area contributed by atoms with Gasteiger partial charge in [0.05, 0.1) is 0 Å². The first-order valence-electron chi connectivity index (χ1n) is 3.20. The molecule has 1 rings (SSSR count). The Labute approximate surface area is 60.1 Å². The number of aromatic nitrogens is 1. The summed E-state index contributed by atoms with van der Waals surface area (Å²) in [5, 5.41) is 0. The molecule has 1 heterocycles. The highest BCUT2D eigenvalue weighted by Gasteiger charge is 1.90. The summed E-state index contributed by atoms with van der Waals surface area (Å²) in [5.74, 6) is 0. The van der Waals surface area contributed by atoms with Crippen molar-refractivity contribution >= 4 is 0 Å². The van der Waals surface area contributed by atoms with Crippen LogP contribution in [0.2, 0.25) is 0 Å². The van der Waals surface area contributed by atoms with Crippen molar-refractivity contribution < 1.29 is 0 Å². The van der Waals surface area contributed by atoms with Crippen LogP contribution in [0, 0.1) is 6.92 Å². The molecule has 0 bridgehead atoms. The van der Waals surface area contributed by atoms with E-state index in [1.54, 1.807) is 16.8 Å². The minimum atomic E-state index is -0.0394. The van der Waals surface area contributed by atoms with Gasteiger partial charge in [-0.15, -0.1) is 0 Å². The lowest BCUT2D eigenvalue weighted by Gasteiger charge is -1.99. The first-order valence-corrected chi connectivity index (χ1v) is 3.20. The summed E-state index contributed by atoms with van der Waals surface area (Å²) in [4.78, 5) is 11.0. The van der Waals surface area contributed by atoms with E-state index in [9.17, 15) is 4.79 Å². The molecule has 0 saturated heterocycles. The number of hydrogen-bond donors (Lipinski definition) is 0. The van der Waals surface area contributed by atoms with Gasteiger partial charge in [0, 0.05) is 18.8 Å². The fraction of sp³-hybridized carbons (Fsp3) is 0.250. The van der Waals surface area contributed by atoms with Gasteiger partial charge in [0.25, 0.3) is 5.56 Å². The molecule has 2 radical (unpaired) electrons. The zero-order valence-electron chi connectivity index (χ0n) is 5.87. The summed E-state index contributed by atoms with van der Waals surface area (Å²) in [5.41, 5.74) is 0.484. The topological polar surface area (TPSA) is 22.0 Å². The van der Waals surface area contributed by atoms with Crippen LogP contribution in [0.1, 0.15) is 12.5 Å². The minimum absolute atomic E-state index is 0.0394. The van der Waals surface area contributed by atoms with Crippen molar-refractivity contribution in [1.82, 2.24) is 4.57 Å². The van der Waals surface area contributed by atoms with Crippen molar-refractivity contribution in [2.24, 2.45) is 0 Å². The van der Waals surface area contributed by atoms with E-state index >= 15 is 0 Å². The normalized spacial score (nSPS) is 9.80. The Morgan fingerprint density at radius 3 is 2.90 bits per heavy atom. The Bertz CT molecular complexity index is 275. The zero-order chi connectivity index (χ0) is 7.56. The lowest BCUT2D eigenvalue weighted by atomic mass is 10.3. The average molecular weight is 135 g/mol. The molecule has 0 atom stereocenters. The van der Waals surface area contributed by atoms with E-state index in [1.165, 1.54) is 6.07 Å². The minimum Gasteiger partial charge on any atom is -0.316 e. The molecular formula is C8H9NO. The average Bonchev–Trinajstić information content (AvgIpc) is 1.88. The van der Waals surface area contributed by atoms with Gasteiger partial charge in [-0.1, -0.05) is 0 Å². The van der Waals surface area contributed by atoms with Crippen LogP contribution < -0.4 is 5.56 Å². The number of aryl methyl sites for hydroxylation is 1. The summed E-state index contributed by atoms with van der Waals surface area (Å²) in [6, 6.07) is 3.13. The van der Waals surface area contributed by atoms with E-state index in [0.717, 1.165) is 0 Å². The molecule has 2 nitrogen and oxygen atoms in total. The first-order chi connectivity index (χ1) is 4.74. The van der Waals surface area contributed by atoms with Crippen molar-refractivity contribution in [2.45, 2.75) is 13.5 Å². The van der Waals surface area contributed by atoms with E-state index in [-0.39, 0.29) is 5.56 Å². The van der Waals surface area contributed by atoms with Gasteiger partial charge in [0.1, 0.15) is 0 Å². The molecule has 0 spiro atoms. The molecule has 0 aliphatic carbocycles. The largest absolute Gasteiger partial charge is 0.316 e. The lowest BCUT2D eigenvalue weighted by Crippen LogP contribution is -2.16. The van der Waals surface area contributed by atoms with E-state index in [1.807, 2.05) is 6.92 Å². The second-order valence-corrected chi connectivity index (χ2v) is 2.08. The monoisotopic (exact) mass is 135 g/mol. The molecule has 0 amide bonds. The molecule has 0 N–H and O–H groups in total. The van der Waals surface area contributed by atoms with Gasteiger partial charge in [0.15, 0.2) is 0 Å². The van der Waals surface area contributed by atoms with Gasteiger partial charge in [0.2, 0.25) is 0 Å². The highest BCUT2D eigenvalue weighted by molar-refractivity contribution is 5.13. The molecule has 0 aromatic carbocycles. The summed E-state index contributed by atoms with van der Waals surface area (Å²) < 4.78 is 1.59. The summed E-state index contributed by atoms with van der Waals surface area (Å²) >= 11 is 0. The molecule has 10 heavy (non-hydrogen) atoms. The maximum atomic E-state index is 11.0. The molecular weight excluding hydrogens is 126 g/mol. The van der Waals surface area contributed by atoms with Crippen LogP contribution in [-0.2, 0) is 6.54 Å². The number of hydrogen-bond acceptors (Lipinski definition) is 1. The van der Waals surface area contributed by atoms with Crippen LogP contribution in [0.3, 0.4) is 0 Å². The standard InChI is InChI=1S/C8H9NO/c1-3-9-5-4-7(2)6-8(9)10/h2,4-6H,3H2,1H3. The van der Waals surface area contributed by atoms with Crippen LogP contribution in [0.15, 0.2) is 23.1 Å². The van der Waals surface area contributed by atoms with Gasteiger partial charge in [-0.2, -0.15) is 0 Å². The number of nitrogens with zero attached hydrogens (tertiary/aromatic N) is 1. The second-order valence-electron chi connectivity index (χ2n) is 2.08. The quantitative estimate of drug-likeness (QED) is 0.561. The van der Waals surface area contributed by atoms with Crippen LogP contribution in [0.5, 0.6) is 0 Å². The molecule has 0 fully saturated rings. The third-order valence-electron chi connectivity index (χ3n) is 1.36. The fourth-order valence-corrected chi connectivity index (χ4v) is 0.784. The predicted octanol–water partition coefficient (Wildman–Crippen LogP) is 0.927. The molecule has 1 aromatic heterocycles. The van der Waals surface area contributed by atoms with E-state index < -0.39 is 0 Å². The van der Waals surface area contributed by atoms with Crippen molar-refractivity contribution in [3.8, 4) is 0 Å². The van der Waals surface area contributed by atoms with Crippen LogP contribution in [-0.4, -0.2) is 4.57 Å². The number of pyridine rings is 1. The van der Waals surface area contributed by atoms with Gasteiger partial charge in [-0.25, -0.2) is 0 Å². The molecule has 0 aliphatic rings. The molecule has 2 heteroatoms. The Kier molecular flexibility index (Phi) is 1.90. The maximum Gasteiger partial charge on any atom is 0.250 e. The Morgan fingerprint density at radius 2 is 2.40 bits per heavy atom. The maximum absolute atomic E-state index is 11.0. The Balaban J connectivity index is 3.20. The number of rotatable bonds is 1.